The van der Waals surface area contributed by atoms with Gasteiger partial charge in [-0.15, -0.1) is 0 Å². The van der Waals surface area contributed by atoms with E-state index < -0.39 is 0 Å². The van der Waals surface area contributed by atoms with E-state index in [9.17, 15) is 4.79 Å². The zero-order chi connectivity index (χ0) is 19.3. The molecule has 7 heteroatoms. The molecule has 1 amide bonds. The van der Waals surface area contributed by atoms with E-state index in [1.807, 2.05) is 53.1 Å². The van der Waals surface area contributed by atoms with Crippen molar-refractivity contribution in [3.8, 4) is 0 Å². The number of nitrogens with zero attached hydrogens (tertiary/aromatic N) is 3. The minimum atomic E-state index is -0.170. The van der Waals surface area contributed by atoms with Gasteiger partial charge in [0.15, 0.2) is 5.69 Å². The van der Waals surface area contributed by atoms with E-state index in [-0.39, 0.29) is 5.91 Å². The number of aromatic nitrogens is 2. The molecule has 1 saturated heterocycles. The van der Waals surface area contributed by atoms with Crippen molar-refractivity contribution < 1.29 is 9.53 Å². The molecule has 2 aromatic heterocycles. The monoisotopic (exact) mass is 398 g/mol. The smallest absolute Gasteiger partial charge is 0.272 e. The highest BCUT2D eigenvalue weighted by Gasteiger charge is 2.18. The van der Waals surface area contributed by atoms with Crippen molar-refractivity contribution in [2.24, 2.45) is 0 Å². The Morgan fingerprint density at radius 2 is 1.93 bits per heavy atom. The number of imidazole rings is 1. The molecule has 0 bridgehead atoms. The maximum atomic E-state index is 12.8. The number of amides is 1. The number of morpholine rings is 1. The Morgan fingerprint density at radius 3 is 2.71 bits per heavy atom. The van der Waals surface area contributed by atoms with Crippen LogP contribution in [0, 0.1) is 0 Å². The summed E-state index contributed by atoms with van der Waals surface area (Å²) >= 11 is 5.91. The van der Waals surface area contributed by atoms with E-state index in [0.717, 1.165) is 56.2 Å². The summed E-state index contributed by atoms with van der Waals surface area (Å²) in [6, 6.07) is 13.3. The standard InChI is InChI=1S/C21H23ClN4O2/c22-17-6-4-16(5-7-17)15-23-21(27)20-18-3-1-2-9-26(18)19(24-20)8-10-25-11-13-28-14-12-25/h1-7,9H,8,10-15H2,(H,23,27). The molecule has 1 aromatic carbocycles. The van der Waals surface area contributed by atoms with Gasteiger partial charge in [0.05, 0.1) is 18.7 Å². The van der Waals surface area contributed by atoms with Crippen LogP contribution in [0.5, 0.6) is 0 Å². The number of hydrogen-bond acceptors (Lipinski definition) is 4. The van der Waals surface area contributed by atoms with Crippen molar-refractivity contribution in [2.45, 2.75) is 13.0 Å². The number of halogens is 1. The molecule has 1 fully saturated rings. The molecule has 0 radical (unpaired) electrons. The van der Waals surface area contributed by atoms with E-state index in [4.69, 9.17) is 16.3 Å². The molecular weight excluding hydrogens is 376 g/mol. The van der Waals surface area contributed by atoms with Crippen molar-refractivity contribution in [3.63, 3.8) is 0 Å². The van der Waals surface area contributed by atoms with Crippen LogP contribution >= 0.6 is 11.6 Å². The minimum Gasteiger partial charge on any atom is -0.379 e. The first-order valence-electron chi connectivity index (χ1n) is 9.49. The summed E-state index contributed by atoms with van der Waals surface area (Å²) in [4.78, 5) is 19.8. The summed E-state index contributed by atoms with van der Waals surface area (Å²) in [6.07, 6.45) is 2.75. The van der Waals surface area contributed by atoms with Crippen LogP contribution in [0.2, 0.25) is 5.02 Å². The van der Waals surface area contributed by atoms with Gasteiger partial charge in [-0.25, -0.2) is 4.98 Å². The number of rotatable bonds is 6. The number of carbonyl (C=O) groups excluding carboxylic acids is 1. The SMILES string of the molecule is O=C(NCc1ccc(Cl)cc1)c1nc(CCN2CCOCC2)n2ccccc12. The van der Waals surface area contributed by atoms with E-state index in [2.05, 4.69) is 15.2 Å². The summed E-state index contributed by atoms with van der Waals surface area (Å²) in [6.45, 7) is 4.78. The molecule has 1 N–H and O–H groups in total. The largest absolute Gasteiger partial charge is 0.379 e. The first-order valence-corrected chi connectivity index (χ1v) is 9.87. The van der Waals surface area contributed by atoms with Gasteiger partial charge in [0, 0.05) is 43.8 Å². The Morgan fingerprint density at radius 1 is 1.14 bits per heavy atom. The van der Waals surface area contributed by atoms with Crippen molar-refractivity contribution in [1.29, 1.82) is 0 Å². The highest BCUT2D eigenvalue weighted by atomic mass is 35.5. The predicted molar refractivity (Wildman–Crippen MR) is 109 cm³/mol. The molecule has 146 valence electrons. The summed E-state index contributed by atoms with van der Waals surface area (Å²) in [5, 5.41) is 3.64. The Hall–Kier alpha value is -2.41. The average Bonchev–Trinajstić information content (AvgIpc) is 3.11. The quantitative estimate of drug-likeness (QED) is 0.693. The molecule has 1 aliphatic rings. The fourth-order valence-corrected chi connectivity index (χ4v) is 3.52. The molecule has 0 saturated carbocycles. The van der Waals surface area contributed by atoms with Gasteiger partial charge >= 0.3 is 0 Å². The van der Waals surface area contributed by atoms with Crippen LogP contribution in [0.25, 0.3) is 5.52 Å². The lowest BCUT2D eigenvalue weighted by atomic mass is 10.2. The number of ether oxygens (including phenoxy) is 1. The average molecular weight is 399 g/mol. The molecule has 3 aromatic rings. The third-order valence-electron chi connectivity index (χ3n) is 4.96. The Kier molecular flexibility index (Phi) is 5.90. The number of pyridine rings is 1. The number of benzene rings is 1. The summed E-state index contributed by atoms with van der Waals surface area (Å²) in [5.74, 6) is 0.731. The number of hydrogen-bond donors (Lipinski definition) is 1. The van der Waals surface area contributed by atoms with E-state index in [1.54, 1.807) is 0 Å². The van der Waals surface area contributed by atoms with Crippen LogP contribution in [-0.4, -0.2) is 53.0 Å². The first-order chi connectivity index (χ1) is 13.7. The molecular formula is C21H23ClN4O2. The van der Waals surface area contributed by atoms with Gasteiger partial charge < -0.3 is 14.5 Å². The Bertz CT molecular complexity index is 949. The predicted octanol–water partition coefficient (Wildman–Crippen LogP) is 2.79. The van der Waals surface area contributed by atoms with Crippen LogP contribution < -0.4 is 5.32 Å². The van der Waals surface area contributed by atoms with Crippen molar-refractivity contribution in [2.75, 3.05) is 32.8 Å². The fourth-order valence-electron chi connectivity index (χ4n) is 3.40. The highest BCUT2D eigenvalue weighted by Crippen LogP contribution is 2.15. The molecule has 0 atom stereocenters. The summed E-state index contributed by atoms with van der Waals surface area (Å²) < 4.78 is 7.42. The third-order valence-corrected chi connectivity index (χ3v) is 5.21. The normalized spacial score (nSPS) is 15.0. The van der Waals surface area contributed by atoms with Crippen LogP contribution in [0.4, 0.5) is 0 Å². The molecule has 0 aliphatic carbocycles. The number of carbonyl (C=O) groups is 1. The van der Waals surface area contributed by atoms with Crippen molar-refractivity contribution >= 4 is 23.0 Å². The van der Waals surface area contributed by atoms with E-state index in [0.29, 0.717) is 17.3 Å². The second kappa shape index (κ2) is 8.73. The molecule has 6 nitrogen and oxygen atoms in total. The lowest BCUT2D eigenvalue weighted by Crippen LogP contribution is -2.37. The van der Waals surface area contributed by atoms with Crippen LogP contribution in [0.15, 0.2) is 48.7 Å². The van der Waals surface area contributed by atoms with Crippen LogP contribution in [0.1, 0.15) is 21.9 Å². The molecule has 28 heavy (non-hydrogen) atoms. The van der Waals surface area contributed by atoms with Crippen molar-refractivity contribution in [3.05, 3.63) is 70.8 Å². The van der Waals surface area contributed by atoms with Gasteiger partial charge in [0.2, 0.25) is 0 Å². The minimum absolute atomic E-state index is 0.170. The van der Waals surface area contributed by atoms with Gasteiger partial charge in [-0.2, -0.15) is 0 Å². The van der Waals surface area contributed by atoms with E-state index in [1.165, 1.54) is 0 Å². The molecule has 4 rings (SSSR count). The Labute approximate surface area is 169 Å². The fraction of sp³-hybridized carbons (Fsp3) is 0.333. The Balaban J connectivity index is 1.48. The second-order valence-electron chi connectivity index (χ2n) is 6.85. The van der Waals surface area contributed by atoms with Gasteiger partial charge in [-0.05, 0) is 29.8 Å². The maximum absolute atomic E-state index is 12.8. The summed E-state index contributed by atoms with van der Waals surface area (Å²) in [7, 11) is 0. The van der Waals surface area contributed by atoms with E-state index >= 15 is 0 Å². The molecule has 3 heterocycles. The zero-order valence-corrected chi connectivity index (χ0v) is 16.4. The van der Waals surface area contributed by atoms with Gasteiger partial charge in [0.1, 0.15) is 5.82 Å². The zero-order valence-electron chi connectivity index (χ0n) is 15.6. The highest BCUT2D eigenvalue weighted by molar-refractivity contribution is 6.30. The first kappa shape index (κ1) is 18.9. The molecule has 0 unspecified atom stereocenters. The topological polar surface area (TPSA) is 58.9 Å². The number of nitrogens with one attached hydrogen (secondary N) is 1. The van der Waals surface area contributed by atoms with Crippen LogP contribution in [-0.2, 0) is 17.7 Å². The second-order valence-corrected chi connectivity index (χ2v) is 7.28. The third kappa shape index (κ3) is 4.35. The lowest BCUT2D eigenvalue weighted by Gasteiger charge is -2.26. The van der Waals surface area contributed by atoms with Crippen LogP contribution in [0.3, 0.4) is 0 Å². The van der Waals surface area contributed by atoms with Gasteiger partial charge in [-0.1, -0.05) is 29.8 Å². The molecule has 0 spiro atoms. The maximum Gasteiger partial charge on any atom is 0.272 e. The molecule has 1 aliphatic heterocycles. The summed E-state index contributed by atoms with van der Waals surface area (Å²) in [5.41, 5.74) is 2.29. The van der Waals surface area contributed by atoms with Gasteiger partial charge in [-0.3, -0.25) is 9.69 Å². The van der Waals surface area contributed by atoms with Crippen molar-refractivity contribution in [1.82, 2.24) is 19.6 Å². The lowest BCUT2D eigenvalue weighted by molar-refractivity contribution is 0.0382. The number of fused-ring (bicyclic) bond motifs is 1. The van der Waals surface area contributed by atoms with Gasteiger partial charge in [0.25, 0.3) is 5.91 Å².